The van der Waals surface area contributed by atoms with Gasteiger partial charge in [0.1, 0.15) is 10.3 Å². The van der Waals surface area contributed by atoms with E-state index in [4.69, 9.17) is 0 Å². The van der Waals surface area contributed by atoms with Gasteiger partial charge < -0.3 is 5.32 Å². The van der Waals surface area contributed by atoms with Crippen molar-refractivity contribution in [3.63, 3.8) is 0 Å². The van der Waals surface area contributed by atoms with E-state index in [1.165, 1.54) is 6.07 Å². The molecule has 22 heavy (non-hydrogen) atoms. The lowest BCUT2D eigenvalue weighted by atomic mass is 10.1. The molecule has 0 aliphatic heterocycles. The van der Waals surface area contributed by atoms with Crippen molar-refractivity contribution in [2.24, 2.45) is 5.92 Å². The summed E-state index contributed by atoms with van der Waals surface area (Å²) in [5.74, 6) is -0.471. The van der Waals surface area contributed by atoms with E-state index >= 15 is 0 Å². The van der Waals surface area contributed by atoms with Crippen LogP contribution in [0.25, 0.3) is 0 Å². The summed E-state index contributed by atoms with van der Waals surface area (Å²) in [7, 11) is -3.67. The maximum absolute atomic E-state index is 12.3. The summed E-state index contributed by atoms with van der Waals surface area (Å²) >= 11 is 2.67. The zero-order valence-electron chi connectivity index (χ0n) is 12.3. The number of carbonyl (C=O) groups excluding carboxylic acids is 1. The fourth-order valence-electron chi connectivity index (χ4n) is 1.83. The van der Waals surface area contributed by atoms with Gasteiger partial charge in [0.15, 0.2) is 0 Å². The average molecular weight is 359 g/mol. The lowest BCUT2D eigenvalue weighted by molar-refractivity contribution is -0.123. The summed E-state index contributed by atoms with van der Waals surface area (Å²) in [5, 5.41) is 6.40. The zero-order chi connectivity index (χ0) is 16.2. The van der Waals surface area contributed by atoms with Crippen molar-refractivity contribution in [1.29, 1.82) is 0 Å². The maximum Gasteiger partial charge on any atom is 0.250 e. The average Bonchev–Trinajstić information content (AvgIpc) is 3.14. The largest absolute Gasteiger partial charge is 0.350 e. The third-order valence-electron chi connectivity index (χ3n) is 3.01. The molecule has 2 heterocycles. The standard InChI is InChI=1S/C14H18N2O3S3/c1-10(2)13(14(17)15-9-11-5-3-7-20-11)16-22(18,19)12-6-4-8-21-12/h3-8,10,13,16H,9H2,1-2H3,(H,15,17)/t13-/m1/s1. The second kappa shape index (κ2) is 7.36. The third-order valence-corrected chi connectivity index (χ3v) is 6.72. The molecule has 8 heteroatoms. The van der Waals surface area contributed by atoms with Crippen LogP contribution in [0, 0.1) is 5.92 Å². The Morgan fingerprint density at radius 1 is 1.18 bits per heavy atom. The second-order valence-corrected chi connectivity index (χ2v) is 8.99. The number of carbonyl (C=O) groups is 1. The molecule has 0 bridgehead atoms. The minimum atomic E-state index is -3.67. The van der Waals surface area contributed by atoms with Gasteiger partial charge in [-0.1, -0.05) is 26.0 Å². The molecule has 0 unspecified atom stereocenters. The van der Waals surface area contributed by atoms with E-state index in [1.54, 1.807) is 22.8 Å². The molecule has 0 radical (unpaired) electrons. The first-order chi connectivity index (χ1) is 10.4. The first kappa shape index (κ1) is 17.1. The van der Waals surface area contributed by atoms with Crippen LogP contribution < -0.4 is 10.0 Å². The molecule has 0 saturated heterocycles. The Kier molecular flexibility index (Phi) is 5.74. The van der Waals surface area contributed by atoms with Gasteiger partial charge in [-0.05, 0) is 28.8 Å². The van der Waals surface area contributed by atoms with E-state index in [9.17, 15) is 13.2 Å². The van der Waals surface area contributed by atoms with Crippen molar-refractivity contribution in [3.8, 4) is 0 Å². The van der Waals surface area contributed by atoms with Crippen molar-refractivity contribution in [2.75, 3.05) is 0 Å². The van der Waals surface area contributed by atoms with E-state index in [0.29, 0.717) is 6.54 Å². The molecule has 2 N–H and O–H groups in total. The van der Waals surface area contributed by atoms with Crippen molar-refractivity contribution in [1.82, 2.24) is 10.0 Å². The zero-order valence-corrected chi connectivity index (χ0v) is 14.7. The Hall–Kier alpha value is -1.22. The van der Waals surface area contributed by atoms with Gasteiger partial charge in [-0.3, -0.25) is 4.79 Å². The molecule has 0 aliphatic carbocycles. The lowest BCUT2D eigenvalue weighted by Gasteiger charge is -2.21. The highest BCUT2D eigenvalue weighted by Gasteiger charge is 2.28. The Morgan fingerprint density at radius 3 is 2.41 bits per heavy atom. The van der Waals surface area contributed by atoms with Crippen molar-refractivity contribution < 1.29 is 13.2 Å². The highest BCUT2D eigenvalue weighted by molar-refractivity contribution is 7.91. The third kappa shape index (κ3) is 4.39. The Morgan fingerprint density at radius 2 is 1.86 bits per heavy atom. The number of nitrogens with one attached hydrogen (secondary N) is 2. The Bertz CT molecular complexity index is 692. The van der Waals surface area contributed by atoms with Crippen LogP contribution in [-0.2, 0) is 21.4 Å². The highest BCUT2D eigenvalue weighted by Crippen LogP contribution is 2.17. The summed E-state index contributed by atoms with van der Waals surface area (Å²) in [4.78, 5) is 13.3. The molecule has 0 fully saturated rings. The van der Waals surface area contributed by atoms with Crippen LogP contribution in [0.15, 0.2) is 39.2 Å². The van der Waals surface area contributed by atoms with Gasteiger partial charge in [0.2, 0.25) is 5.91 Å². The van der Waals surface area contributed by atoms with E-state index < -0.39 is 16.1 Å². The number of hydrogen-bond acceptors (Lipinski definition) is 5. The molecular formula is C14H18N2O3S3. The maximum atomic E-state index is 12.3. The van der Waals surface area contributed by atoms with Gasteiger partial charge in [-0.2, -0.15) is 4.72 Å². The van der Waals surface area contributed by atoms with Crippen molar-refractivity contribution in [3.05, 3.63) is 39.9 Å². The van der Waals surface area contributed by atoms with Crippen molar-refractivity contribution in [2.45, 2.75) is 30.6 Å². The summed E-state index contributed by atoms with van der Waals surface area (Å²) in [6.45, 7) is 4.03. The van der Waals surface area contributed by atoms with Gasteiger partial charge in [-0.15, -0.1) is 22.7 Å². The molecule has 2 aromatic heterocycles. The minimum Gasteiger partial charge on any atom is -0.350 e. The molecular weight excluding hydrogens is 340 g/mol. The van der Waals surface area contributed by atoms with Crippen LogP contribution in [0.5, 0.6) is 0 Å². The van der Waals surface area contributed by atoms with Crippen LogP contribution in [0.2, 0.25) is 0 Å². The molecule has 0 aromatic carbocycles. The second-order valence-electron chi connectivity index (χ2n) is 5.07. The van der Waals surface area contributed by atoms with Crippen LogP contribution in [0.4, 0.5) is 0 Å². The summed E-state index contributed by atoms with van der Waals surface area (Å²) in [6, 6.07) is 6.22. The monoisotopic (exact) mass is 358 g/mol. The molecule has 0 saturated carbocycles. The summed E-state index contributed by atoms with van der Waals surface area (Å²) in [6.07, 6.45) is 0. The van der Waals surface area contributed by atoms with Crippen LogP contribution in [-0.4, -0.2) is 20.4 Å². The van der Waals surface area contributed by atoms with Crippen molar-refractivity contribution >= 4 is 38.6 Å². The van der Waals surface area contributed by atoms with E-state index in [1.807, 2.05) is 31.4 Å². The quantitative estimate of drug-likeness (QED) is 0.798. The Labute approximate surface area is 138 Å². The molecule has 5 nitrogen and oxygen atoms in total. The lowest BCUT2D eigenvalue weighted by Crippen LogP contribution is -2.49. The Balaban J connectivity index is 2.04. The first-order valence-corrected chi connectivity index (χ1v) is 10.0. The van der Waals surface area contributed by atoms with Gasteiger partial charge in [0.05, 0.1) is 6.54 Å². The number of sulfonamides is 1. The molecule has 2 aromatic rings. The van der Waals surface area contributed by atoms with Gasteiger partial charge in [0, 0.05) is 4.88 Å². The molecule has 120 valence electrons. The summed E-state index contributed by atoms with van der Waals surface area (Å²) < 4.78 is 27.2. The molecule has 0 aliphatic rings. The number of hydrogen-bond donors (Lipinski definition) is 2. The van der Waals surface area contributed by atoms with Gasteiger partial charge in [-0.25, -0.2) is 8.42 Å². The smallest absolute Gasteiger partial charge is 0.250 e. The predicted octanol–water partition coefficient (Wildman–Crippen LogP) is 2.43. The summed E-state index contributed by atoms with van der Waals surface area (Å²) in [5.41, 5.74) is 0. The molecule has 2 rings (SSSR count). The van der Waals surface area contributed by atoms with Crippen LogP contribution in [0.3, 0.4) is 0 Å². The van der Waals surface area contributed by atoms with E-state index in [-0.39, 0.29) is 16.0 Å². The predicted molar refractivity (Wildman–Crippen MR) is 89.4 cm³/mol. The normalized spacial score (nSPS) is 13.2. The first-order valence-electron chi connectivity index (χ1n) is 6.76. The van der Waals surface area contributed by atoms with Gasteiger partial charge >= 0.3 is 0 Å². The fourth-order valence-corrected chi connectivity index (χ4v) is 4.83. The fraction of sp³-hybridized carbons (Fsp3) is 0.357. The van der Waals surface area contributed by atoms with Gasteiger partial charge in [0.25, 0.3) is 10.0 Å². The highest BCUT2D eigenvalue weighted by atomic mass is 32.2. The van der Waals surface area contributed by atoms with E-state index in [0.717, 1.165) is 16.2 Å². The minimum absolute atomic E-state index is 0.155. The number of rotatable bonds is 7. The SMILES string of the molecule is CC(C)[C@@H](NS(=O)(=O)c1cccs1)C(=O)NCc1cccs1. The molecule has 1 atom stereocenters. The van der Waals surface area contributed by atoms with Crippen LogP contribution in [0.1, 0.15) is 18.7 Å². The molecule has 1 amide bonds. The number of thiophene rings is 2. The van der Waals surface area contributed by atoms with Crippen LogP contribution >= 0.6 is 22.7 Å². The molecule has 0 spiro atoms. The number of amides is 1. The topological polar surface area (TPSA) is 75.3 Å². The van der Waals surface area contributed by atoms with E-state index in [2.05, 4.69) is 10.0 Å².